The van der Waals surface area contributed by atoms with Gasteiger partial charge in [-0.15, -0.1) is 0 Å². The predicted molar refractivity (Wildman–Crippen MR) is 200 cm³/mol. The molecule has 230 valence electrons. The molecule has 0 spiro atoms. The largest absolute Gasteiger partial charge is 0.309 e. The molecule has 0 atom stereocenters. The van der Waals surface area contributed by atoms with Gasteiger partial charge in [-0.05, 0) is 48.5 Å². The van der Waals surface area contributed by atoms with Crippen molar-refractivity contribution in [1.82, 2.24) is 23.3 Å². The lowest BCUT2D eigenvalue weighted by Gasteiger charge is -2.11. The van der Waals surface area contributed by atoms with Crippen LogP contribution < -0.4 is 0 Å². The van der Waals surface area contributed by atoms with Crippen LogP contribution >= 0.6 is 0 Å². The Morgan fingerprint density at radius 2 is 0.796 bits per heavy atom. The fourth-order valence-corrected chi connectivity index (χ4v) is 7.31. The summed E-state index contributed by atoms with van der Waals surface area (Å²) >= 11 is 0. The molecule has 5 heteroatoms. The first-order chi connectivity index (χ1) is 24.3. The minimum absolute atomic E-state index is 0.923. The summed E-state index contributed by atoms with van der Waals surface area (Å²) in [5.41, 5.74) is 13.7. The molecule has 0 unspecified atom stereocenters. The number of benzene rings is 5. The van der Waals surface area contributed by atoms with Crippen molar-refractivity contribution in [3.63, 3.8) is 0 Å². The molecule has 0 aliphatic heterocycles. The third kappa shape index (κ3) is 4.33. The molecule has 5 nitrogen and oxygen atoms in total. The van der Waals surface area contributed by atoms with E-state index in [9.17, 15) is 0 Å². The van der Waals surface area contributed by atoms with Gasteiger partial charge in [0.05, 0.1) is 33.8 Å². The molecule has 0 radical (unpaired) electrons. The van der Waals surface area contributed by atoms with Crippen molar-refractivity contribution in [2.24, 2.45) is 0 Å². The highest BCUT2D eigenvalue weighted by Crippen LogP contribution is 2.41. The number of rotatable bonds is 5. The summed E-state index contributed by atoms with van der Waals surface area (Å²) in [6, 6.07) is 57.6. The maximum Gasteiger partial charge on any atom is 0.137 e. The second-order valence-electron chi connectivity index (χ2n) is 12.3. The van der Waals surface area contributed by atoms with E-state index in [0.717, 1.165) is 73.0 Å². The molecule has 5 aromatic heterocycles. The molecule has 0 bridgehead atoms. The number of para-hydroxylation sites is 1. The molecular weight excluding hydrogens is 599 g/mol. The minimum Gasteiger partial charge on any atom is -0.309 e. The Balaban J connectivity index is 1.26. The lowest BCUT2D eigenvalue weighted by atomic mass is 10.0. The van der Waals surface area contributed by atoms with Crippen molar-refractivity contribution in [1.29, 1.82) is 0 Å². The SMILES string of the molecule is c1ccc(-c2nc3ccccn3c2-c2ccc3c4ccc(-c5c(-c6ccccc6)nc6ccccn56)cc4n(-c4ccccc4)c3c2)cc1. The van der Waals surface area contributed by atoms with Gasteiger partial charge < -0.3 is 4.57 Å². The van der Waals surface area contributed by atoms with E-state index in [1.807, 2.05) is 24.3 Å². The van der Waals surface area contributed by atoms with Crippen molar-refractivity contribution in [2.45, 2.75) is 0 Å². The lowest BCUT2D eigenvalue weighted by Crippen LogP contribution is -1.95. The van der Waals surface area contributed by atoms with Gasteiger partial charge in [-0.25, -0.2) is 9.97 Å². The number of pyridine rings is 2. The second-order valence-corrected chi connectivity index (χ2v) is 12.3. The average molecular weight is 628 g/mol. The summed E-state index contributed by atoms with van der Waals surface area (Å²) < 4.78 is 6.80. The lowest BCUT2D eigenvalue weighted by molar-refractivity contribution is 1.17. The van der Waals surface area contributed by atoms with Gasteiger partial charge in [0.25, 0.3) is 0 Å². The first kappa shape index (κ1) is 27.4. The van der Waals surface area contributed by atoms with Crippen molar-refractivity contribution in [3.8, 4) is 50.7 Å². The maximum atomic E-state index is 5.11. The Hall–Kier alpha value is -6.72. The minimum atomic E-state index is 0.923. The molecule has 0 saturated carbocycles. The molecular formula is C44H29N5. The van der Waals surface area contributed by atoms with Crippen molar-refractivity contribution in [3.05, 3.63) is 176 Å². The van der Waals surface area contributed by atoms with Gasteiger partial charge in [-0.2, -0.15) is 0 Å². The van der Waals surface area contributed by atoms with Crippen molar-refractivity contribution < 1.29 is 0 Å². The highest BCUT2D eigenvalue weighted by atomic mass is 15.0. The Bertz CT molecular complexity index is 2630. The summed E-state index contributed by atoms with van der Waals surface area (Å²) in [5.74, 6) is 0. The van der Waals surface area contributed by atoms with Gasteiger partial charge >= 0.3 is 0 Å². The highest BCUT2D eigenvalue weighted by Gasteiger charge is 2.21. The Morgan fingerprint density at radius 3 is 1.27 bits per heavy atom. The van der Waals surface area contributed by atoms with Gasteiger partial charge in [0.1, 0.15) is 11.3 Å². The summed E-state index contributed by atoms with van der Waals surface area (Å²) in [5, 5.41) is 2.40. The van der Waals surface area contributed by atoms with Crippen LogP contribution in [0.4, 0.5) is 0 Å². The van der Waals surface area contributed by atoms with E-state index in [-0.39, 0.29) is 0 Å². The summed E-state index contributed by atoms with van der Waals surface area (Å²) in [4.78, 5) is 10.2. The van der Waals surface area contributed by atoms with Gasteiger partial charge in [-0.3, -0.25) is 8.80 Å². The van der Waals surface area contributed by atoms with Crippen LogP contribution in [0.1, 0.15) is 0 Å². The average Bonchev–Trinajstić information content (AvgIpc) is 3.85. The van der Waals surface area contributed by atoms with Gasteiger partial charge in [0, 0.05) is 51.1 Å². The van der Waals surface area contributed by atoms with E-state index in [2.05, 4.69) is 165 Å². The van der Waals surface area contributed by atoms with Crippen LogP contribution in [0.2, 0.25) is 0 Å². The van der Waals surface area contributed by atoms with E-state index in [4.69, 9.17) is 9.97 Å². The van der Waals surface area contributed by atoms with Crippen LogP contribution in [0, 0.1) is 0 Å². The van der Waals surface area contributed by atoms with Crippen LogP contribution in [0.15, 0.2) is 176 Å². The van der Waals surface area contributed by atoms with E-state index < -0.39 is 0 Å². The zero-order valence-corrected chi connectivity index (χ0v) is 26.5. The number of nitrogens with zero attached hydrogens (tertiary/aromatic N) is 5. The molecule has 10 rings (SSSR count). The molecule has 0 aliphatic rings. The number of imidazole rings is 2. The number of fused-ring (bicyclic) bond motifs is 5. The van der Waals surface area contributed by atoms with E-state index >= 15 is 0 Å². The van der Waals surface area contributed by atoms with Crippen LogP contribution in [-0.4, -0.2) is 23.3 Å². The van der Waals surface area contributed by atoms with Crippen molar-refractivity contribution in [2.75, 3.05) is 0 Å². The smallest absolute Gasteiger partial charge is 0.137 e. The van der Waals surface area contributed by atoms with Gasteiger partial charge in [0.15, 0.2) is 0 Å². The normalized spacial score (nSPS) is 11.7. The maximum absolute atomic E-state index is 5.11. The molecule has 5 aromatic carbocycles. The molecule has 0 saturated heterocycles. The molecule has 0 fully saturated rings. The number of hydrogen-bond acceptors (Lipinski definition) is 2. The quantitative estimate of drug-likeness (QED) is 0.190. The van der Waals surface area contributed by atoms with Crippen LogP contribution in [0.3, 0.4) is 0 Å². The zero-order valence-electron chi connectivity index (χ0n) is 26.5. The third-order valence-corrected chi connectivity index (χ3v) is 9.48. The summed E-state index contributed by atoms with van der Waals surface area (Å²) in [6.45, 7) is 0. The molecule has 0 aliphatic carbocycles. The fourth-order valence-electron chi connectivity index (χ4n) is 7.31. The fraction of sp³-hybridized carbons (Fsp3) is 0. The molecule has 10 aromatic rings. The topological polar surface area (TPSA) is 39.5 Å². The number of hydrogen-bond donors (Lipinski definition) is 0. The van der Waals surface area contributed by atoms with E-state index in [1.54, 1.807) is 0 Å². The van der Waals surface area contributed by atoms with Crippen molar-refractivity contribution >= 4 is 33.1 Å². The Morgan fingerprint density at radius 1 is 0.367 bits per heavy atom. The first-order valence-electron chi connectivity index (χ1n) is 16.5. The predicted octanol–water partition coefficient (Wildman–Crippen LogP) is 10.7. The molecule has 5 heterocycles. The van der Waals surface area contributed by atoms with Crippen LogP contribution in [0.25, 0.3) is 83.8 Å². The van der Waals surface area contributed by atoms with Gasteiger partial charge in [-0.1, -0.05) is 115 Å². The highest BCUT2D eigenvalue weighted by molar-refractivity contribution is 6.11. The summed E-state index contributed by atoms with van der Waals surface area (Å²) in [6.07, 6.45) is 4.21. The molecule has 0 N–H and O–H groups in total. The van der Waals surface area contributed by atoms with E-state index in [0.29, 0.717) is 0 Å². The molecule has 49 heavy (non-hydrogen) atoms. The molecule has 0 amide bonds. The second kappa shape index (κ2) is 10.9. The first-order valence-corrected chi connectivity index (χ1v) is 16.5. The third-order valence-electron chi connectivity index (χ3n) is 9.48. The monoisotopic (exact) mass is 627 g/mol. The van der Waals surface area contributed by atoms with E-state index in [1.165, 1.54) is 10.8 Å². The zero-order chi connectivity index (χ0) is 32.3. The Kier molecular flexibility index (Phi) is 6.11. The van der Waals surface area contributed by atoms with Gasteiger partial charge in [0.2, 0.25) is 0 Å². The standard InChI is InChI=1S/C44H29N5/c1-4-14-30(15-5-1)41-43(47-26-12-10-20-39(47)45-41)32-22-24-35-36-25-23-33(29-38(36)49(37(35)28-32)34-18-8-3-9-19-34)44-42(31-16-6-2-7-17-31)46-40-21-11-13-27-48(40)44/h1-29H. The van der Waals surface area contributed by atoms with Crippen LogP contribution in [-0.2, 0) is 0 Å². The number of aromatic nitrogens is 5. The van der Waals surface area contributed by atoms with Crippen LogP contribution in [0.5, 0.6) is 0 Å². The summed E-state index contributed by atoms with van der Waals surface area (Å²) in [7, 11) is 0. The Labute approximate surface area is 282 Å².